The quantitative estimate of drug-likeness (QED) is 0.660. The lowest BCUT2D eigenvalue weighted by Gasteiger charge is -2.20. The van der Waals surface area contributed by atoms with Crippen molar-refractivity contribution < 1.29 is 4.52 Å². The van der Waals surface area contributed by atoms with E-state index in [2.05, 4.69) is 17.1 Å². The zero-order valence-electron chi connectivity index (χ0n) is 8.08. The molecule has 2 saturated carbocycles. The number of nitrogens with zero attached hydrogens (tertiary/aromatic N) is 2. The van der Waals surface area contributed by atoms with Gasteiger partial charge in [0.2, 0.25) is 5.89 Å². The normalized spacial score (nSPS) is 42.0. The van der Waals surface area contributed by atoms with Gasteiger partial charge in [0.05, 0.1) is 0 Å². The smallest absolute Gasteiger partial charge is 0.232 e. The second-order valence-electron chi connectivity index (χ2n) is 4.87. The molecule has 2 fully saturated rings. The van der Waals surface area contributed by atoms with E-state index in [0.29, 0.717) is 0 Å². The average molecular weight is 178 g/mol. The summed E-state index contributed by atoms with van der Waals surface area (Å²) in [7, 11) is 0. The molecule has 0 N–H and O–H groups in total. The minimum atomic E-state index is 0.189. The molecular weight excluding hydrogens is 164 g/mol. The SMILES string of the molecule is Cc1noc(C2(C)CC3CC3C2)n1. The molecule has 2 aliphatic rings. The standard InChI is InChI=1S/C10H14N2O/c1-6-11-9(13-12-6)10(2)4-7-3-8(7)5-10/h7-8H,3-5H2,1-2H3. The van der Waals surface area contributed by atoms with Crippen LogP contribution in [0.5, 0.6) is 0 Å². The van der Waals surface area contributed by atoms with Gasteiger partial charge in [0.15, 0.2) is 5.82 Å². The fourth-order valence-electron chi connectivity index (χ4n) is 2.77. The van der Waals surface area contributed by atoms with Gasteiger partial charge in [-0.1, -0.05) is 12.1 Å². The van der Waals surface area contributed by atoms with E-state index in [4.69, 9.17) is 4.52 Å². The number of hydrogen-bond donors (Lipinski definition) is 0. The summed E-state index contributed by atoms with van der Waals surface area (Å²) in [4.78, 5) is 4.34. The Morgan fingerprint density at radius 2 is 2.08 bits per heavy atom. The van der Waals surface area contributed by atoms with Crippen LogP contribution in [0.4, 0.5) is 0 Å². The molecule has 13 heavy (non-hydrogen) atoms. The molecule has 0 saturated heterocycles. The van der Waals surface area contributed by atoms with Crippen molar-refractivity contribution in [3.8, 4) is 0 Å². The fraction of sp³-hybridized carbons (Fsp3) is 0.800. The van der Waals surface area contributed by atoms with Crippen molar-refractivity contribution in [2.45, 2.75) is 38.5 Å². The van der Waals surface area contributed by atoms with Crippen LogP contribution in [0.25, 0.3) is 0 Å². The topological polar surface area (TPSA) is 38.9 Å². The van der Waals surface area contributed by atoms with Crippen molar-refractivity contribution in [1.82, 2.24) is 10.1 Å². The lowest BCUT2D eigenvalue weighted by atomic mass is 9.85. The van der Waals surface area contributed by atoms with Gasteiger partial charge < -0.3 is 4.52 Å². The highest BCUT2D eigenvalue weighted by molar-refractivity contribution is 5.14. The number of rotatable bonds is 1. The molecule has 3 heteroatoms. The summed E-state index contributed by atoms with van der Waals surface area (Å²) in [6.07, 6.45) is 3.93. The maximum atomic E-state index is 5.26. The van der Waals surface area contributed by atoms with Crippen LogP contribution < -0.4 is 0 Å². The largest absolute Gasteiger partial charge is 0.339 e. The molecule has 0 spiro atoms. The highest BCUT2D eigenvalue weighted by Gasteiger charge is 2.54. The van der Waals surface area contributed by atoms with Crippen LogP contribution in [0.2, 0.25) is 0 Å². The van der Waals surface area contributed by atoms with Crippen molar-refractivity contribution in [2.24, 2.45) is 11.8 Å². The molecule has 0 radical (unpaired) electrons. The van der Waals surface area contributed by atoms with Crippen molar-refractivity contribution in [3.63, 3.8) is 0 Å². The van der Waals surface area contributed by atoms with E-state index in [1.807, 2.05) is 6.92 Å². The molecule has 2 unspecified atom stereocenters. The maximum Gasteiger partial charge on any atom is 0.232 e. The highest BCUT2D eigenvalue weighted by atomic mass is 16.5. The number of aryl methyl sites for hydroxylation is 1. The van der Waals surface area contributed by atoms with Crippen LogP contribution in [0.1, 0.15) is 37.9 Å². The molecule has 0 aromatic carbocycles. The van der Waals surface area contributed by atoms with Crippen LogP contribution in [-0.2, 0) is 5.41 Å². The van der Waals surface area contributed by atoms with Gasteiger partial charge in [-0.2, -0.15) is 4.98 Å². The number of fused-ring (bicyclic) bond motifs is 1. The van der Waals surface area contributed by atoms with E-state index in [9.17, 15) is 0 Å². The minimum absolute atomic E-state index is 0.189. The fourth-order valence-corrected chi connectivity index (χ4v) is 2.77. The van der Waals surface area contributed by atoms with Gasteiger partial charge >= 0.3 is 0 Å². The number of hydrogen-bond acceptors (Lipinski definition) is 3. The third kappa shape index (κ3) is 1.02. The van der Waals surface area contributed by atoms with Crippen LogP contribution in [0, 0.1) is 18.8 Å². The molecule has 3 rings (SSSR count). The third-order valence-electron chi connectivity index (χ3n) is 3.54. The van der Waals surface area contributed by atoms with Crippen LogP contribution >= 0.6 is 0 Å². The third-order valence-corrected chi connectivity index (χ3v) is 3.54. The molecule has 2 aliphatic carbocycles. The van der Waals surface area contributed by atoms with Crippen LogP contribution in [-0.4, -0.2) is 10.1 Å². The number of aromatic nitrogens is 2. The first kappa shape index (κ1) is 7.54. The molecule has 1 aromatic rings. The second-order valence-corrected chi connectivity index (χ2v) is 4.87. The summed E-state index contributed by atoms with van der Waals surface area (Å²) in [6.45, 7) is 4.14. The zero-order chi connectivity index (χ0) is 9.05. The maximum absolute atomic E-state index is 5.26. The minimum Gasteiger partial charge on any atom is -0.339 e. The second kappa shape index (κ2) is 2.14. The Labute approximate surface area is 77.5 Å². The lowest BCUT2D eigenvalue weighted by Crippen LogP contribution is -2.19. The van der Waals surface area contributed by atoms with Crippen molar-refractivity contribution in [2.75, 3.05) is 0 Å². The van der Waals surface area contributed by atoms with Gasteiger partial charge in [-0.05, 0) is 38.0 Å². The summed E-state index contributed by atoms with van der Waals surface area (Å²) in [6, 6.07) is 0. The summed E-state index contributed by atoms with van der Waals surface area (Å²) >= 11 is 0. The first-order valence-corrected chi connectivity index (χ1v) is 4.98. The molecule has 0 aliphatic heterocycles. The Morgan fingerprint density at radius 3 is 2.62 bits per heavy atom. The molecule has 0 amide bonds. The van der Waals surface area contributed by atoms with Crippen molar-refractivity contribution >= 4 is 0 Å². The molecule has 3 nitrogen and oxygen atoms in total. The molecular formula is C10H14N2O. The summed E-state index contributed by atoms with van der Waals surface area (Å²) in [5.41, 5.74) is 0.189. The van der Waals surface area contributed by atoms with Gasteiger partial charge in [-0.25, -0.2) is 0 Å². The molecule has 1 aromatic heterocycles. The van der Waals surface area contributed by atoms with Gasteiger partial charge in [0.25, 0.3) is 0 Å². The Kier molecular flexibility index (Phi) is 1.24. The monoisotopic (exact) mass is 178 g/mol. The van der Waals surface area contributed by atoms with Crippen LogP contribution in [0.15, 0.2) is 4.52 Å². The van der Waals surface area contributed by atoms with Gasteiger partial charge in [-0.3, -0.25) is 0 Å². The summed E-state index contributed by atoms with van der Waals surface area (Å²) in [5, 5.41) is 3.86. The first-order chi connectivity index (χ1) is 6.17. The first-order valence-electron chi connectivity index (χ1n) is 4.98. The van der Waals surface area contributed by atoms with Gasteiger partial charge in [0.1, 0.15) is 0 Å². The highest BCUT2D eigenvalue weighted by Crippen LogP contribution is 2.59. The zero-order valence-corrected chi connectivity index (χ0v) is 8.08. The Hall–Kier alpha value is -0.860. The van der Waals surface area contributed by atoms with E-state index in [0.717, 1.165) is 23.6 Å². The average Bonchev–Trinajstić information content (AvgIpc) is 2.54. The van der Waals surface area contributed by atoms with E-state index < -0.39 is 0 Å². The van der Waals surface area contributed by atoms with E-state index in [-0.39, 0.29) is 5.41 Å². The Morgan fingerprint density at radius 1 is 1.38 bits per heavy atom. The van der Waals surface area contributed by atoms with Crippen molar-refractivity contribution in [1.29, 1.82) is 0 Å². The molecule has 2 atom stereocenters. The molecule has 0 bridgehead atoms. The predicted octanol–water partition coefficient (Wildman–Crippen LogP) is 2.07. The Bertz CT molecular complexity index is 334. The van der Waals surface area contributed by atoms with E-state index in [1.165, 1.54) is 19.3 Å². The molecule has 70 valence electrons. The predicted molar refractivity (Wildman–Crippen MR) is 47.2 cm³/mol. The summed E-state index contributed by atoms with van der Waals surface area (Å²) < 4.78 is 5.26. The van der Waals surface area contributed by atoms with Crippen LogP contribution in [0.3, 0.4) is 0 Å². The van der Waals surface area contributed by atoms with Gasteiger partial charge in [0, 0.05) is 5.41 Å². The lowest BCUT2D eigenvalue weighted by molar-refractivity contribution is 0.279. The Balaban J connectivity index is 1.91. The van der Waals surface area contributed by atoms with Crippen molar-refractivity contribution in [3.05, 3.63) is 11.7 Å². The molecule has 1 heterocycles. The van der Waals surface area contributed by atoms with E-state index >= 15 is 0 Å². The van der Waals surface area contributed by atoms with Gasteiger partial charge in [-0.15, -0.1) is 0 Å². The van der Waals surface area contributed by atoms with E-state index in [1.54, 1.807) is 0 Å². The summed E-state index contributed by atoms with van der Waals surface area (Å²) in [5.74, 6) is 3.53.